The molecule has 2 aliphatic heterocycles. The van der Waals surface area contributed by atoms with Crippen molar-refractivity contribution in [1.29, 1.82) is 0 Å². The van der Waals surface area contributed by atoms with Gasteiger partial charge < -0.3 is 15.4 Å². The van der Waals surface area contributed by atoms with Crippen LogP contribution in [0.15, 0.2) is 91.0 Å². The van der Waals surface area contributed by atoms with Gasteiger partial charge in [0.2, 0.25) is 5.91 Å². The quantitative estimate of drug-likeness (QED) is 0.171. The zero-order valence-corrected chi connectivity index (χ0v) is 27.9. The van der Waals surface area contributed by atoms with Crippen LogP contribution in [-0.4, -0.2) is 77.8 Å². The predicted octanol–water partition coefficient (Wildman–Crippen LogP) is 4.83. The Morgan fingerprint density at radius 3 is 2.37 bits per heavy atom. The number of nitrogens with one attached hydrogen (secondary N) is 2. The molecule has 3 aromatic carbocycles. The fourth-order valence-electron chi connectivity index (χ4n) is 6.31. The van der Waals surface area contributed by atoms with Crippen molar-refractivity contribution in [3.05, 3.63) is 125 Å². The molecule has 1 fully saturated rings. The van der Waals surface area contributed by atoms with Crippen LogP contribution in [0, 0.1) is 5.82 Å². The molecule has 0 spiro atoms. The summed E-state index contributed by atoms with van der Waals surface area (Å²) >= 11 is 0. The van der Waals surface area contributed by atoms with Gasteiger partial charge >= 0.3 is 6.18 Å². The lowest BCUT2D eigenvalue weighted by Crippen LogP contribution is -2.55. The molecule has 2 aliphatic rings. The van der Waals surface area contributed by atoms with Gasteiger partial charge in [0.15, 0.2) is 0 Å². The molecule has 2 atom stereocenters. The van der Waals surface area contributed by atoms with E-state index in [1.54, 1.807) is 35.9 Å². The molecule has 14 heteroatoms. The number of amides is 3. The summed E-state index contributed by atoms with van der Waals surface area (Å²) in [6.07, 6.45) is -4.70. The Morgan fingerprint density at radius 2 is 1.75 bits per heavy atom. The summed E-state index contributed by atoms with van der Waals surface area (Å²) in [5.41, 5.74) is 0.862. The second kappa shape index (κ2) is 14.5. The van der Waals surface area contributed by atoms with Gasteiger partial charge in [-0.05, 0) is 62.0 Å². The van der Waals surface area contributed by atoms with Gasteiger partial charge in [-0.3, -0.25) is 24.2 Å². The van der Waals surface area contributed by atoms with Crippen molar-refractivity contribution in [2.24, 2.45) is 0 Å². The molecule has 0 unspecified atom stereocenters. The number of carbonyl (C=O) groups is 3. The molecule has 266 valence electrons. The van der Waals surface area contributed by atoms with Crippen molar-refractivity contribution in [3.63, 3.8) is 0 Å². The molecule has 3 heterocycles. The summed E-state index contributed by atoms with van der Waals surface area (Å²) in [5, 5.41) is 10.5. The number of anilines is 1. The highest BCUT2D eigenvalue weighted by Crippen LogP contribution is 2.44. The summed E-state index contributed by atoms with van der Waals surface area (Å²) in [6.45, 7) is 7.17. The van der Waals surface area contributed by atoms with Gasteiger partial charge in [0.25, 0.3) is 11.8 Å². The second-order valence-corrected chi connectivity index (χ2v) is 12.5. The molecule has 0 bridgehead atoms. The maximum absolute atomic E-state index is 14.4. The number of benzene rings is 3. The van der Waals surface area contributed by atoms with Gasteiger partial charge in [0.05, 0.1) is 42.7 Å². The van der Waals surface area contributed by atoms with Crippen molar-refractivity contribution >= 4 is 23.5 Å². The van der Waals surface area contributed by atoms with Crippen LogP contribution in [0.5, 0.6) is 0 Å². The fourth-order valence-corrected chi connectivity index (χ4v) is 6.31. The average molecular weight is 705 g/mol. The van der Waals surface area contributed by atoms with E-state index in [4.69, 9.17) is 9.84 Å². The molecule has 0 aliphatic carbocycles. The van der Waals surface area contributed by atoms with E-state index in [0.717, 1.165) is 18.2 Å². The number of rotatable bonds is 11. The lowest BCUT2D eigenvalue weighted by atomic mass is 9.80. The normalized spacial score (nSPS) is 17.5. The summed E-state index contributed by atoms with van der Waals surface area (Å²) in [4.78, 5) is 44.8. The van der Waals surface area contributed by atoms with Crippen LogP contribution in [0.2, 0.25) is 0 Å². The van der Waals surface area contributed by atoms with Crippen molar-refractivity contribution in [3.8, 4) is 5.69 Å². The van der Waals surface area contributed by atoms with Crippen molar-refractivity contribution in [2.45, 2.75) is 37.6 Å². The minimum absolute atomic E-state index is 0.103. The number of likely N-dealkylation sites (N-methyl/N-ethyl adjacent to an activating group) is 2. The number of para-hydroxylation sites is 1. The number of aromatic nitrogens is 2. The van der Waals surface area contributed by atoms with Crippen LogP contribution in [0.1, 0.15) is 45.6 Å². The lowest BCUT2D eigenvalue weighted by Gasteiger charge is -2.38. The van der Waals surface area contributed by atoms with E-state index in [-0.39, 0.29) is 24.7 Å². The monoisotopic (exact) mass is 704 g/mol. The molecule has 4 aromatic rings. The van der Waals surface area contributed by atoms with E-state index < -0.39 is 47.2 Å². The second-order valence-electron chi connectivity index (χ2n) is 12.5. The minimum atomic E-state index is -4.70. The third-order valence-electron chi connectivity index (χ3n) is 9.11. The number of alkyl halides is 3. The standard InChI is InChI=1S/C37H36F4N6O4/c1-4-46-35-31(29(44-47(35)27-11-6-5-7-12-27)18-42-33(48)22(2)19-45(3)28-20-51-21-28)30(23-13-15-26(38)16-14-23)32(36(46)50)43-34(49)24-9-8-10-25(17-24)37(39,40)41/h5-17,28,30,32H,2,4,18-21H2,1,3H3,(H,42,48)(H,43,49)/t30-,32-/m0/s1. The number of nitrogens with zero attached hydrogens (tertiary/aromatic N) is 4. The Hall–Kier alpha value is -5.34. The first kappa shape index (κ1) is 35.5. The number of hydrogen-bond acceptors (Lipinski definition) is 6. The Bertz CT molecular complexity index is 1940. The molecule has 0 radical (unpaired) electrons. The Labute approximate surface area is 291 Å². The van der Waals surface area contributed by atoms with Crippen LogP contribution >= 0.6 is 0 Å². The fraction of sp³-hybridized carbons (Fsp3) is 0.297. The minimum Gasteiger partial charge on any atom is -0.378 e. The van der Waals surface area contributed by atoms with Crippen molar-refractivity contribution in [2.75, 3.05) is 38.3 Å². The number of ether oxygens (including phenoxy) is 1. The van der Waals surface area contributed by atoms with Gasteiger partial charge in [-0.25, -0.2) is 9.07 Å². The van der Waals surface area contributed by atoms with E-state index in [2.05, 4.69) is 17.2 Å². The summed E-state index contributed by atoms with van der Waals surface area (Å²) in [5.74, 6) is -3.02. The molecule has 1 aromatic heterocycles. The van der Waals surface area contributed by atoms with E-state index >= 15 is 0 Å². The highest BCUT2D eigenvalue weighted by Gasteiger charge is 2.46. The molecule has 0 saturated carbocycles. The van der Waals surface area contributed by atoms with Gasteiger partial charge in [0.1, 0.15) is 17.7 Å². The van der Waals surface area contributed by atoms with Gasteiger partial charge in [-0.2, -0.15) is 18.3 Å². The van der Waals surface area contributed by atoms with E-state index in [0.29, 0.717) is 53.7 Å². The van der Waals surface area contributed by atoms with Crippen LogP contribution in [-0.2, 0) is 27.0 Å². The summed E-state index contributed by atoms with van der Waals surface area (Å²) in [6, 6.07) is 17.1. The third-order valence-corrected chi connectivity index (χ3v) is 9.11. The third kappa shape index (κ3) is 7.28. The van der Waals surface area contributed by atoms with Crippen LogP contribution in [0.4, 0.5) is 23.4 Å². The van der Waals surface area contributed by atoms with E-state index in [1.165, 1.54) is 35.2 Å². The zero-order chi connectivity index (χ0) is 36.4. The topological polar surface area (TPSA) is 109 Å². The SMILES string of the molecule is C=C(CN(C)C1COC1)C(=O)NCc1nn(-c2ccccc2)c2c1[C@H](c1ccc(F)cc1)[C@H](NC(=O)c1cccc(C(F)(F)F)c1)C(=O)N2CC. The Kier molecular flexibility index (Phi) is 10.1. The lowest BCUT2D eigenvalue weighted by molar-refractivity contribution is -0.137. The molecular formula is C37H36F4N6O4. The van der Waals surface area contributed by atoms with Crippen LogP contribution in [0.25, 0.3) is 5.69 Å². The van der Waals surface area contributed by atoms with E-state index in [1.807, 2.05) is 18.0 Å². The number of fused-ring (bicyclic) bond motifs is 1. The molecule has 2 N–H and O–H groups in total. The molecule has 10 nitrogen and oxygen atoms in total. The summed E-state index contributed by atoms with van der Waals surface area (Å²) < 4.78 is 61.7. The maximum atomic E-state index is 14.4. The predicted molar refractivity (Wildman–Crippen MR) is 181 cm³/mol. The van der Waals surface area contributed by atoms with Gasteiger partial charge in [-0.15, -0.1) is 0 Å². The number of carbonyl (C=O) groups excluding carboxylic acids is 3. The van der Waals surface area contributed by atoms with Crippen LogP contribution < -0.4 is 15.5 Å². The molecule has 6 rings (SSSR count). The first-order chi connectivity index (χ1) is 24.4. The van der Waals surface area contributed by atoms with Gasteiger partial charge in [-0.1, -0.05) is 43.0 Å². The maximum Gasteiger partial charge on any atom is 0.416 e. The first-order valence-corrected chi connectivity index (χ1v) is 16.3. The first-order valence-electron chi connectivity index (χ1n) is 16.3. The molecule has 3 amide bonds. The number of hydrogen-bond donors (Lipinski definition) is 2. The number of halogens is 4. The largest absolute Gasteiger partial charge is 0.416 e. The molecular weight excluding hydrogens is 668 g/mol. The zero-order valence-electron chi connectivity index (χ0n) is 27.9. The highest BCUT2D eigenvalue weighted by atomic mass is 19.4. The molecule has 51 heavy (non-hydrogen) atoms. The van der Waals surface area contributed by atoms with Crippen molar-refractivity contribution in [1.82, 2.24) is 25.3 Å². The Balaban J connectivity index is 1.43. The van der Waals surface area contributed by atoms with Crippen molar-refractivity contribution < 1.29 is 36.7 Å². The van der Waals surface area contributed by atoms with Crippen LogP contribution in [0.3, 0.4) is 0 Å². The smallest absolute Gasteiger partial charge is 0.378 e. The molecule has 1 saturated heterocycles. The van der Waals surface area contributed by atoms with Gasteiger partial charge in [0, 0.05) is 35.7 Å². The van der Waals surface area contributed by atoms with E-state index in [9.17, 15) is 31.9 Å². The summed E-state index contributed by atoms with van der Waals surface area (Å²) in [7, 11) is 1.88. The Morgan fingerprint density at radius 1 is 1.04 bits per heavy atom. The highest BCUT2D eigenvalue weighted by molar-refractivity contribution is 6.05. The average Bonchev–Trinajstić information content (AvgIpc) is 3.46.